The molecule has 2 aromatic rings. The Balaban J connectivity index is 2.42. The van der Waals surface area contributed by atoms with E-state index >= 15 is 0 Å². The first-order chi connectivity index (χ1) is 9.17. The maximum Gasteiger partial charge on any atom is 0.137 e. The zero-order chi connectivity index (χ0) is 13.8. The molecule has 4 nitrogen and oxygen atoms in total. The Bertz CT molecular complexity index is 559. The van der Waals surface area contributed by atoms with Crippen molar-refractivity contribution in [2.75, 3.05) is 13.7 Å². The molecule has 0 amide bonds. The molecule has 1 unspecified atom stereocenters. The number of aryl methyl sites for hydroxylation is 1. The van der Waals surface area contributed by atoms with Crippen molar-refractivity contribution in [1.82, 2.24) is 14.9 Å². The third-order valence-electron chi connectivity index (χ3n) is 2.87. The third-order valence-corrected chi connectivity index (χ3v) is 4.07. The van der Waals surface area contributed by atoms with E-state index in [0.29, 0.717) is 10.8 Å². The fraction of sp³-hybridized carbons (Fsp3) is 0.385. The van der Waals surface area contributed by atoms with Crippen molar-refractivity contribution in [2.24, 2.45) is 0 Å². The molecule has 0 saturated carbocycles. The molecule has 0 spiro atoms. The zero-order valence-electron chi connectivity index (χ0n) is 11.1. The maximum atomic E-state index is 6.07. The molecule has 1 aromatic heterocycles. The third kappa shape index (κ3) is 3.05. The molecular formula is C13H16ClN3OS. The SMILES string of the molecule is CCNC(c1ccc(Cl)c(OC)c1)c1snnc1C. The van der Waals surface area contributed by atoms with E-state index in [0.717, 1.165) is 22.7 Å². The van der Waals surface area contributed by atoms with Gasteiger partial charge in [0, 0.05) is 0 Å². The van der Waals surface area contributed by atoms with Crippen LogP contribution in [0.3, 0.4) is 0 Å². The van der Waals surface area contributed by atoms with Crippen molar-refractivity contribution >= 4 is 23.1 Å². The molecule has 6 heteroatoms. The molecule has 0 aliphatic rings. The highest BCUT2D eigenvalue weighted by Crippen LogP contribution is 2.32. The van der Waals surface area contributed by atoms with E-state index in [1.54, 1.807) is 7.11 Å². The van der Waals surface area contributed by atoms with Crippen molar-refractivity contribution in [3.63, 3.8) is 0 Å². The quantitative estimate of drug-likeness (QED) is 0.920. The predicted molar refractivity (Wildman–Crippen MR) is 78.2 cm³/mol. The van der Waals surface area contributed by atoms with Crippen molar-refractivity contribution in [3.8, 4) is 5.75 Å². The summed E-state index contributed by atoms with van der Waals surface area (Å²) in [6, 6.07) is 5.87. The number of ether oxygens (including phenoxy) is 1. The highest BCUT2D eigenvalue weighted by atomic mass is 35.5. The lowest BCUT2D eigenvalue weighted by Crippen LogP contribution is -2.21. The Labute approximate surface area is 121 Å². The Hall–Kier alpha value is -1.17. The van der Waals surface area contributed by atoms with Gasteiger partial charge in [-0.05, 0) is 42.7 Å². The molecule has 0 radical (unpaired) electrons. The van der Waals surface area contributed by atoms with Gasteiger partial charge in [0.2, 0.25) is 0 Å². The van der Waals surface area contributed by atoms with Crippen LogP contribution < -0.4 is 10.1 Å². The molecule has 1 heterocycles. The number of nitrogens with zero attached hydrogens (tertiary/aromatic N) is 2. The summed E-state index contributed by atoms with van der Waals surface area (Å²) in [6.45, 7) is 4.90. The van der Waals surface area contributed by atoms with Gasteiger partial charge in [0.05, 0.1) is 28.7 Å². The Kier molecular flexibility index (Phi) is 4.74. The highest BCUT2D eigenvalue weighted by molar-refractivity contribution is 7.05. The molecule has 1 atom stereocenters. The zero-order valence-corrected chi connectivity index (χ0v) is 12.7. The molecule has 0 fully saturated rings. The molecule has 0 bridgehead atoms. The first-order valence-corrected chi connectivity index (χ1v) is 7.18. The van der Waals surface area contributed by atoms with E-state index in [4.69, 9.17) is 16.3 Å². The molecule has 102 valence electrons. The van der Waals surface area contributed by atoms with Crippen LogP contribution in [0.2, 0.25) is 5.02 Å². The summed E-state index contributed by atoms with van der Waals surface area (Å²) in [5, 5.41) is 8.13. The van der Waals surface area contributed by atoms with Crippen LogP contribution >= 0.6 is 23.1 Å². The smallest absolute Gasteiger partial charge is 0.137 e. The molecule has 0 aliphatic heterocycles. The highest BCUT2D eigenvalue weighted by Gasteiger charge is 2.19. The monoisotopic (exact) mass is 297 g/mol. The number of hydrogen-bond donors (Lipinski definition) is 1. The van der Waals surface area contributed by atoms with Crippen LogP contribution in [0.15, 0.2) is 18.2 Å². The number of methoxy groups -OCH3 is 1. The summed E-state index contributed by atoms with van der Waals surface area (Å²) >= 11 is 7.48. The largest absolute Gasteiger partial charge is 0.495 e. The van der Waals surface area contributed by atoms with Crippen LogP contribution in [0.4, 0.5) is 0 Å². The van der Waals surface area contributed by atoms with Gasteiger partial charge in [0.15, 0.2) is 0 Å². The van der Waals surface area contributed by atoms with E-state index in [9.17, 15) is 0 Å². The average Bonchev–Trinajstić information content (AvgIpc) is 2.83. The summed E-state index contributed by atoms with van der Waals surface area (Å²) in [7, 11) is 1.62. The fourth-order valence-electron chi connectivity index (χ4n) is 1.92. The maximum absolute atomic E-state index is 6.07. The summed E-state index contributed by atoms with van der Waals surface area (Å²) in [4.78, 5) is 1.12. The van der Waals surface area contributed by atoms with Crippen molar-refractivity contribution in [3.05, 3.63) is 39.4 Å². The van der Waals surface area contributed by atoms with Gasteiger partial charge < -0.3 is 10.1 Å². The molecule has 0 saturated heterocycles. The number of halogens is 1. The van der Waals surface area contributed by atoms with Gasteiger partial charge in [-0.25, -0.2) is 0 Å². The second kappa shape index (κ2) is 6.32. The van der Waals surface area contributed by atoms with Crippen molar-refractivity contribution < 1.29 is 4.74 Å². The van der Waals surface area contributed by atoms with Gasteiger partial charge in [0.1, 0.15) is 5.75 Å². The second-order valence-corrected chi connectivity index (χ2v) is 5.30. The summed E-state index contributed by atoms with van der Waals surface area (Å²) < 4.78 is 9.28. The lowest BCUT2D eigenvalue weighted by atomic mass is 10.0. The standard InChI is InChI=1S/C13H16ClN3OS/c1-4-15-12(13-8(2)16-17-19-13)9-5-6-10(14)11(7-9)18-3/h5-7,12,15H,4H2,1-3H3. The summed E-state index contributed by atoms with van der Waals surface area (Å²) in [5.74, 6) is 0.678. The molecular weight excluding hydrogens is 282 g/mol. The van der Waals surface area contributed by atoms with Crippen LogP contribution in [0.1, 0.15) is 29.1 Å². The Morgan fingerprint density at radius 1 is 1.47 bits per heavy atom. The van der Waals surface area contributed by atoms with Crippen molar-refractivity contribution in [1.29, 1.82) is 0 Å². The van der Waals surface area contributed by atoms with Gasteiger partial charge in [-0.2, -0.15) is 0 Å². The lowest BCUT2D eigenvalue weighted by Gasteiger charge is -2.18. The van der Waals surface area contributed by atoms with Gasteiger partial charge in [-0.3, -0.25) is 0 Å². The van der Waals surface area contributed by atoms with Crippen LogP contribution in [0.25, 0.3) is 0 Å². The first-order valence-electron chi connectivity index (χ1n) is 6.03. The van der Waals surface area contributed by atoms with Crippen LogP contribution in [0.5, 0.6) is 5.75 Å². The average molecular weight is 298 g/mol. The Morgan fingerprint density at radius 3 is 2.84 bits per heavy atom. The number of nitrogens with one attached hydrogen (secondary N) is 1. The first kappa shape index (κ1) is 14.2. The summed E-state index contributed by atoms with van der Waals surface area (Å²) in [6.07, 6.45) is 0. The van der Waals surface area contributed by atoms with E-state index in [2.05, 4.69) is 21.8 Å². The fourth-order valence-corrected chi connectivity index (χ4v) is 2.87. The molecule has 1 aromatic carbocycles. The van der Waals surface area contributed by atoms with Gasteiger partial charge in [0.25, 0.3) is 0 Å². The minimum Gasteiger partial charge on any atom is -0.495 e. The number of hydrogen-bond acceptors (Lipinski definition) is 5. The van der Waals surface area contributed by atoms with Crippen molar-refractivity contribution in [2.45, 2.75) is 19.9 Å². The lowest BCUT2D eigenvalue weighted by molar-refractivity contribution is 0.414. The molecule has 2 rings (SSSR count). The number of aromatic nitrogens is 2. The molecule has 0 aliphatic carbocycles. The van der Waals surface area contributed by atoms with E-state index < -0.39 is 0 Å². The van der Waals surface area contributed by atoms with Gasteiger partial charge in [-0.15, -0.1) is 5.10 Å². The van der Waals surface area contributed by atoms with Crippen LogP contribution in [-0.4, -0.2) is 23.2 Å². The number of rotatable bonds is 5. The number of benzene rings is 1. The minimum atomic E-state index is 0.0659. The van der Waals surface area contributed by atoms with Crippen LogP contribution in [-0.2, 0) is 0 Å². The molecule has 1 N–H and O–H groups in total. The Morgan fingerprint density at radius 2 is 2.26 bits per heavy atom. The van der Waals surface area contributed by atoms with E-state index in [1.807, 2.05) is 25.1 Å². The predicted octanol–water partition coefficient (Wildman–Crippen LogP) is 3.21. The minimum absolute atomic E-state index is 0.0659. The summed E-state index contributed by atoms with van der Waals surface area (Å²) in [5.41, 5.74) is 2.04. The van der Waals surface area contributed by atoms with E-state index in [-0.39, 0.29) is 6.04 Å². The second-order valence-electron chi connectivity index (χ2n) is 4.11. The van der Waals surface area contributed by atoms with E-state index in [1.165, 1.54) is 11.5 Å². The normalized spacial score (nSPS) is 12.4. The van der Waals surface area contributed by atoms with Gasteiger partial charge >= 0.3 is 0 Å². The topological polar surface area (TPSA) is 47.0 Å². The van der Waals surface area contributed by atoms with Gasteiger partial charge in [-0.1, -0.05) is 29.1 Å². The van der Waals surface area contributed by atoms with Crippen LogP contribution in [0, 0.1) is 6.92 Å². The molecule has 19 heavy (non-hydrogen) atoms.